The molecule has 1 amide bonds. The second kappa shape index (κ2) is 10.5. The van der Waals surface area contributed by atoms with E-state index < -0.39 is 0 Å². The molecule has 6 heteroatoms. The van der Waals surface area contributed by atoms with Gasteiger partial charge >= 0.3 is 0 Å². The zero-order chi connectivity index (χ0) is 24.9. The van der Waals surface area contributed by atoms with E-state index in [1.165, 1.54) is 0 Å². The van der Waals surface area contributed by atoms with E-state index in [1.807, 2.05) is 78.3 Å². The number of nitrogens with one attached hydrogen (secondary N) is 1. The quantitative estimate of drug-likeness (QED) is 0.187. The second-order valence-corrected chi connectivity index (χ2v) is 9.23. The lowest BCUT2D eigenvalue weighted by atomic mass is 10.0. The molecule has 36 heavy (non-hydrogen) atoms. The highest BCUT2D eigenvalue weighted by Crippen LogP contribution is 2.28. The number of aryl methyl sites for hydroxylation is 1. The first-order valence-electron chi connectivity index (χ1n) is 11.5. The third-order valence-electron chi connectivity index (χ3n) is 5.80. The fourth-order valence-electron chi connectivity index (χ4n) is 3.96. The average Bonchev–Trinajstić information content (AvgIpc) is 3.35. The highest BCUT2D eigenvalue weighted by molar-refractivity contribution is 9.10. The molecule has 176 valence electrons. The summed E-state index contributed by atoms with van der Waals surface area (Å²) in [5.74, 6) is -0.379. The summed E-state index contributed by atoms with van der Waals surface area (Å²) in [7, 11) is 0. The maximum absolute atomic E-state index is 12.9. The van der Waals surface area contributed by atoms with Crippen molar-refractivity contribution in [2.45, 2.75) is 6.92 Å². The lowest BCUT2D eigenvalue weighted by Crippen LogP contribution is -2.18. The van der Waals surface area contributed by atoms with E-state index in [0.717, 1.165) is 43.7 Å². The van der Waals surface area contributed by atoms with E-state index in [0.29, 0.717) is 0 Å². The van der Waals surface area contributed by atoms with Gasteiger partial charge in [-0.3, -0.25) is 4.79 Å². The van der Waals surface area contributed by atoms with Crippen molar-refractivity contribution >= 4 is 28.1 Å². The van der Waals surface area contributed by atoms with Crippen molar-refractivity contribution in [3.05, 3.63) is 130 Å². The molecule has 0 fully saturated rings. The summed E-state index contributed by atoms with van der Waals surface area (Å²) in [6, 6.07) is 36.0. The molecule has 1 N–H and O–H groups in total. The van der Waals surface area contributed by atoms with Crippen LogP contribution in [0.5, 0.6) is 0 Å². The predicted molar refractivity (Wildman–Crippen MR) is 148 cm³/mol. The van der Waals surface area contributed by atoms with Crippen LogP contribution in [0.25, 0.3) is 28.1 Å². The molecule has 0 bridgehead atoms. The Kier molecular flexibility index (Phi) is 6.87. The monoisotopic (exact) mass is 534 g/mol. The standard InChI is InChI=1S/C30H23BrN4O/c1-21-8-5-6-13-28(21)35-29(25-16-14-24(15-17-25)23-10-3-2-4-11-23)19-27(34-35)30(36)33-32-20-22-9-7-12-26(31)18-22/h2-20H,1H3,(H,33,36)/b32-20-. The van der Waals surface area contributed by atoms with Gasteiger partial charge in [-0.15, -0.1) is 0 Å². The predicted octanol–water partition coefficient (Wildman–Crippen LogP) is 7.04. The number of carbonyl (C=O) groups excluding carboxylic acids is 1. The van der Waals surface area contributed by atoms with E-state index in [2.05, 4.69) is 68.0 Å². The smallest absolute Gasteiger partial charge is 0.265 e. The summed E-state index contributed by atoms with van der Waals surface area (Å²) in [6.45, 7) is 2.03. The van der Waals surface area contributed by atoms with Crippen molar-refractivity contribution in [1.29, 1.82) is 0 Å². The topological polar surface area (TPSA) is 59.3 Å². The van der Waals surface area contributed by atoms with Gasteiger partial charge in [-0.1, -0.05) is 101 Å². The Bertz CT molecular complexity index is 1540. The van der Waals surface area contributed by atoms with Gasteiger partial charge in [0.25, 0.3) is 5.91 Å². The van der Waals surface area contributed by atoms with Crippen LogP contribution in [0.1, 0.15) is 21.6 Å². The lowest BCUT2D eigenvalue weighted by molar-refractivity contribution is 0.0949. The van der Waals surface area contributed by atoms with Crippen molar-refractivity contribution in [3.8, 4) is 28.1 Å². The third-order valence-corrected chi connectivity index (χ3v) is 6.30. The fraction of sp³-hybridized carbons (Fsp3) is 0.0333. The van der Waals surface area contributed by atoms with Crippen LogP contribution in [0.4, 0.5) is 0 Å². The van der Waals surface area contributed by atoms with Gasteiger partial charge in [-0.2, -0.15) is 10.2 Å². The van der Waals surface area contributed by atoms with Gasteiger partial charge in [0.2, 0.25) is 0 Å². The number of hydrogen-bond acceptors (Lipinski definition) is 3. The second-order valence-electron chi connectivity index (χ2n) is 8.31. The van der Waals surface area contributed by atoms with Gasteiger partial charge in [-0.25, -0.2) is 10.1 Å². The fourth-order valence-corrected chi connectivity index (χ4v) is 4.37. The minimum Gasteiger partial charge on any atom is -0.265 e. The first-order chi connectivity index (χ1) is 17.6. The number of amides is 1. The molecule has 0 saturated heterocycles. The Morgan fingerprint density at radius 3 is 2.28 bits per heavy atom. The molecule has 0 aliphatic rings. The minimum absolute atomic E-state index is 0.284. The Labute approximate surface area is 218 Å². The summed E-state index contributed by atoms with van der Waals surface area (Å²) >= 11 is 3.44. The molecule has 0 aliphatic heterocycles. The molecular formula is C30H23BrN4O. The minimum atomic E-state index is -0.379. The van der Waals surface area contributed by atoms with E-state index in [-0.39, 0.29) is 11.6 Å². The number of nitrogens with zero attached hydrogens (tertiary/aromatic N) is 3. The molecule has 0 radical (unpaired) electrons. The average molecular weight is 535 g/mol. The Balaban J connectivity index is 1.47. The van der Waals surface area contributed by atoms with Crippen LogP contribution in [0, 0.1) is 6.92 Å². The SMILES string of the molecule is Cc1ccccc1-n1nc(C(=O)N/N=C\c2cccc(Br)c2)cc1-c1ccc(-c2ccccc2)cc1. The molecule has 1 heterocycles. The number of hydrazone groups is 1. The lowest BCUT2D eigenvalue weighted by Gasteiger charge is -2.11. The van der Waals surface area contributed by atoms with Crippen LogP contribution in [0.3, 0.4) is 0 Å². The largest absolute Gasteiger partial charge is 0.291 e. The summed E-state index contributed by atoms with van der Waals surface area (Å²) in [5, 5.41) is 8.77. The Morgan fingerprint density at radius 1 is 0.833 bits per heavy atom. The number of rotatable bonds is 6. The van der Waals surface area contributed by atoms with Crippen LogP contribution < -0.4 is 5.43 Å². The highest BCUT2D eigenvalue weighted by atomic mass is 79.9. The first-order valence-corrected chi connectivity index (χ1v) is 12.3. The van der Waals surface area contributed by atoms with Crippen molar-refractivity contribution in [3.63, 3.8) is 0 Å². The van der Waals surface area contributed by atoms with Crippen LogP contribution in [0.15, 0.2) is 119 Å². The maximum Gasteiger partial charge on any atom is 0.291 e. The van der Waals surface area contributed by atoms with Crippen LogP contribution in [0.2, 0.25) is 0 Å². The molecule has 1 aromatic heterocycles. The third kappa shape index (κ3) is 5.19. The van der Waals surface area contributed by atoms with Crippen LogP contribution >= 0.6 is 15.9 Å². The van der Waals surface area contributed by atoms with Gasteiger partial charge < -0.3 is 0 Å². The molecule has 0 saturated carbocycles. The molecule has 0 spiro atoms. The Hall–Kier alpha value is -4.29. The van der Waals surface area contributed by atoms with Gasteiger partial charge in [0, 0.05) is 10.0 Å². The van der Waals surface area contributed by atoms with Crippen LogP contribution in [-0.4, -0.2) is 21.9 Å². The summed E-state index contributed by atoms with van der Waals surface area (Å²) in [6.07, 6.45) is 1.60. The molecule has 0 atom stereocenters. The zero-order valence-electron chi connectivity index (χ0n) is 19.6. The van der Waals surface area contributed by atoms with E-state index >= 15 is 0 Å². The number of para-hydroxylation sites is 1. The zero-order valence-corrected chi connectivity index (χ0v) is 21.2. The van der Waals surface area contributed by atoms with Crippen molar-refractivity contribution < 1.29 is 4.79 Å². The number of benzene rings is 4. The molecular weight excluding hydrogens is 512 g/mol. The molecule has 5 nitrogen and oxygen atoms in total. The summed E-state index contributed by atoms with van der Waals surface area (Å²) in [4.78, 5) is 12.9. The first kappa shape index (κ1) is 23.5. The van der Waals surface area contributed by atoms with E-state index in [4.69, 9.17) is 0 Å². The van der Waals surface area contributed by atoms with Crippen LogP contribution in [-0.2, 0) is 0 Å². The van der Waals surface area contributed by atoms with Gasteiger partial charge in [-0.05, 0) is 53.4 Å². The van der Waals surface area contributed by atoms with E-state index in [1.54, 1.807) is 12.3 Å². The number of carbonyl (C=O) groups is 1. The van der Waals surface area contributed by atoms with Crippen molar-refractivity contribution in [2.75, 3.05) is 0 Å². The summed E-state index contributed by atoms with van der Waals surface area (Å²) < 4.78 is 2.76. The number of halogens is 1. The normalized spacial score (nSPS) is 11.1. The Morgan fingerprint density at radius 2 is 1.53 bits per heavy atom. The molecule has 5 aromatic rings. The maximum atomic E-state index is 12.9. The number of hydrogen-bond donors (Lipinski definition) is 1. The highest BCUT2D eigenvalue weighted by Gasteiger charge is 2.17. The summed E-state index contributed by atoms with van der Waals surface area (Å²) in [5.41, 5.74) is 9.78. The van der Waals surface area contributed by atoms with Crippen molar-refractivity contribution in [1.82, 2.24) is 15.2 Å². The van der Waals surface area contributed by atoms with Crippen molar-refractivity contribution in [2.24, 2.45) is 5.10 Å². The van der Waals surface area contributed by atoms with E-state index in [9.17, 15) is 4.79 Å². The molecule has 5 rings (SSSR count). The van der Waals surface area contributed by atoms with Gasteiger partial charge in [0.1, 0.15) is 0 Å². The molecule has 0 aliphatic carbocycles. The molecule has 0 unspecified atom stereocenters. The van der Waals surface area contributed by atoms with Gasteiger partial charge in [0.15, 0.2) is 5.69 Å². The molecule has 4 aromatic carbocycles. The van der Waals surface area contributed by atoms with Gasteiger partial charge in [0.05, 0.1) is 17.6 Å². The number of aromatic nitrogens is 2.